The maximum atomic E-state index is 12.2. The Balaban J connectivity index is 2.39. The first-order chi connectivity index (χ1) is 8.92. The first-order valence-corrected chi connectivity index (χ1v) is 5.55. The lowest BCUT2D eigenvalue weighted by Crippen LogP contribution is -2.14. The van der Waals surface area contributed by atoms with Crippen LogP contribution in [0, 0.1) is 0 Å². The van der Waals surface area contributed by atoms with E-state index in [4.69, 9.17) is 10.9 Å². The number of alkyl halides is 3. The molecule has 0 saturated heterocycles. The quantitative estimate of drug-likeness (QED) is 0.390. The molecule has 0 amide bonds. The summed E-state index contributed by atoms with van der Waals surface area (Å²) in [7, 11) is 0. The van der Waals surface area contributed by atoms with Crippen molar-refractivity contribution < 1.29 is 18.4 Å². The van der Waals surface area contributed by atoms with Crippen molar-refractivity contribution in [2.75, 3.05) is 0 Å². The molecule has 7 heteroatoms. The number of nitrogens with two attached hydrogens (primary N) is 1. The van der Waals surface area contributed by atoms with E-state index in [0.29, 0.717) is 16.5 Å². The molecule has 4 nitrogen and oxygen atoms in total. The van der Waals surface area contributed by atoms with Crippen molar-refractivity contribution in [2.45, 2.75) is 19.1 Å². The van der Waals surface area contributed by atoms with E-state index in [9.17, 15) is 13.2 Å². The molecule has 0 fully saturated rings. The van der Waals surface area contributed by atoms with Gasteiger partial charge in [-0.3, -0.25) is 0 Å². The van der Waals surface area contributed by atoms with E-state index in [1.165, 1.54) is 4.57 Å². The number of fused-ring (bicyclic) bond motifs is 1. The molecule has 0 bridgehead atoms. The zero-order chi connectivity index (χ0) is 14.0. The van der Waals surface area contributed by atoms with E-state index >= 15 is 0 Å². The number of hydrogen-bond donors (Lipinski definition) is 2. The molecule has 0 saturated carbocycles. The Hall–Kier alpha value is -2.18. The Morgan fingerprint density at radius 1 is 1.32 bits per heavy atom. The maximum Gasteiger partial charge on any atom is 0.390 e. The summed E-state index contributed by atoms with van der Waals surface area (Å²) in [5.41, 5.74) is 6.63. The fourth-order valence-electron chi connectivity index (χ4n) is 1.94. The molecule has 2 rings (SSSR count). The third kappa shape index (κ3) is 2.81. The number of halogens is 3. The van der Waals surface area contributed by atoms with Gasteiger partial charge in [-0.05, 0) is 12.1 Å². The third-order valence-corrected chi connectivity index (χ3v) is 2.83. The van der Waals surface area contributed by atoms with Crippen LogP contribution >= 0.6 is 0 Å². The summed E-state index contributed by atoms with van der Waals surface area (Å²) in [6, 6.07) is 6.64. The van der Waals surface area contributed by atoms with Crippen molar-refractivity contribution in [1.82, 2.24) is 4.57 Å². The summed E-state index contributed by atoms with van der Waals surface area (Å²) >= 11 is 0. The molecular weight excluding hydrogens is 259 g/mol. The van der Waals surface area contributed by atoms with Gasteiger partial charge in [-0.2, -0.15) is 13.2 Å². The lowest BCUT2D eigenvalue weighted by atomic mass is 10.1. The van der Waals surface area contributed by atoms with Crippen LogP contribution in [0.2, 0.25) is 0 Å². The minimum absolute atomic E-state index is 0.0702. The predicted molar refractivity (Wildman–Crippen MR) is 65.1 cm³/mol. The van der Waals surface area contributed by atoms with E-state index in [2.05, 4.69) is 5.16 Å². The van der Waals surface area contributed by atoms with E-state index in [1.54, 1.807) is 30.5 Å². The Morgan fingerprint density at radius 2 is 2.05 bits per heavy atom. The van der Waals surface area contributed by atoms with Crippen molar-refractivity contribution in [1.29, 1.82) is 0 Å². The molecule has 0 aliphatic heterocycles. The van der Waals surface area contributed by atoms with Gasteiger partial charge in [0.25, 0.3) is 0 Å². The molecule has 19 heavy (non-hydrogen) atoms. The van der Waals surface area contributed by atoms with Crippen LogP contribution in [0.3, 0.4) is 0 Å². The highest BCUT2D eigenvalue weighted by Crippen LogP contribution is 2.24. The Kier molecular flexibility index (Phi) is 3.37. The van der Waals surface area contributed by atoms with Gasteiger partial charge in [0.2, 0.25) is 0 Å². The van der Waals surface area contributed by atoms with E-state index < -0.39 is 12.6 Å². The van der Waals surface area contributed by atoms with Crippen LogP contribution in [0.5, 0.6) is 0 Å². The molecule has 0 radical (unpaired) electrons. The number of benzene rings is 1. The van der Waals surface area contributed by atoms with Gasteiger partial charge in [-0.25, -0.2) is 0 Å². The number of nitrogens with zero attached hydrogens (tertiary/aromatic N) is 2. The average Bonchev–Trinajstić information content (AvgIpc) is 2.77. The zero-order valence-electron chi connectivity index (χ0n) is 9.85. The van der Waals surface area contributed by atoms with Crippen LogP contribution in [0.1, 0.15) is 12.0 Å². The number of rotatable bonds is 3. The van der Waals surface area contributed by atoms with Crippen molar-refractivity contribution in [3.05, 3.63) is 36.0 Å². The van der Waals surface area contributed by atoms with Gasteiger partial charge in [0.05, 0.1) is 6.42 Å². The first kappa shape index (κ1) is 13.3. The number of oxime groups is 1. The van der Waals surface area contributed by atoms with Gasteiger partial charge in [0.15, 0.2) is 5.84 Å². The molecule has 0 aliphatic carbocycles. The van der Waals surface area contributed by atoms with Crippen LogP contribution in [-0.2, 0) is 6.54 Å². The van der Waals surface area contributed by atoms with Gasteiger partial charge < -0.3 is 15.5 Å². The Labute approximate surface area is 106 Å². The molecule has 1 heterocycles. The predicted octanol–water partition coefficient (Wildman–Crippen LogP) is 2.69. The fraction of sp³-hybridized carbons (Fsp3) is 0.250. The fourth-order valence-corrected chi connectivity index (χ4v) is 1.94. The largest absolute Gasteiger partial charge is 0.409 e. The molecule has 102 valence electrons. The molecule has 1 aromatic carbocycles. The first-order valence-electron chi connectivity index (χ1n) is 5.55. The summed E-state index contributed by atoms with van der Waals surface area (Å²) in [6.07, 6.45) is -3.53. The SMILES string of the molecule is N/C(=N/O)c1cccc2c1ccn2CCC(F)(F)F. The minimum Gasteiger partial charge on any atom is -0.409 e. The van der Waals surface area contributed by atoms with E-state index in [-0.39, 0.29) is 12.4 Å². The van der Waals surface area contributed by atoms with Crippen molar-refractivity contribution in [2.24, 2.45) is 10.9 Å². The van der Waals surface area contributed by atoms with E-state index in [0.717, 1.165) is 0 Å². The van der Waals surface area contributed by atoms with E-state index in [1.807, 2.05) is 0 Å². The molecule has 0 atom stereocenters. The highest BCUT2D eigenvalue weighted by Gasteiger charge is 2.26. The topological polar surface area (TPSA) is 63.5 Å². The molecule has 0 unspecified atom stereocenters. The number of amidine groups is 1. The number of hydrogen-bond acceptors (Lipinski definition) is 2. The van der Waals surface area contributed by atoms with Crippen LogP contribution in [0.25, 0.3) is 10.9 Å². The van der Waals surface area contributed by atoms with Crippen LogP contribution in [0.15, 0.2) is 35.6 Å². The van der Waals surface area contributed by atoms with Crippen molar-refractivity contribution >= 4 is 16.7 Å². The molecule has 0 spiro atoms. The third-order valence-electron chi connectivity index (χ3n) is 2.83. The van der Waals surface area contributed by atoms with Gasteiger partial charge in [-0.15, -0.1) is 0 Å². The lowest BCUT2D eigenvalue weighted by molar-refractivity contribution is -0.136. The summed E-state index contributed by atoms with van der Waals surface area (Å²) in [5, 5.41) is 12.2. The standard InChI is InChI=1S/C12H12F3N3O/c13-12(14,15)5-7-18-6-4-8-9(11(16)17-19)2-1-3-10(8)18/h1-4,6,19H,5,7H2,(H2,16,17). The summed E-state index contributed by atoms with van der Waals surface area (Å²) in [5.74, 6) is -0.0702. The number of aromatic nitrogens is 1. The average molecular weight is 271 g/mol. The monoisotopic (exact) mass is 271 g/mol. The molecule has 3 N–H and O–H groups in total. The second-order valence-corrected chi connectivity index (χ2v) is 4.10. The number of aryl methyl sites for hydroxylation is 1. The van der Waals surface area contributed by atoms with Gasteiger partial charge in [-0.1, -0.05) is 17.3 Å². The summed E-state index contributed by atoms with van der Waals surface area (Å²) in [4.78, 5) is 0. The maximum absolute atomic E-state index is 12.2. The lowest BCUT2D eigenvalue weighted by Gasteiger charge is -2.09. The molecule has 1 aromatic heterocycles. The van der Waals surface area contributed by atoms with Crippen molar-refractivity contribution in [3.8, 4) is 0 Å². The smallest absolute Gasteiger partial charge is 0.390 e. The second-order valence-electron chi connectivity index (χ2n) is 4.10. The molecule has 2 aromatic rings. The van der Waals surface area contributed by atoms with Crippen molar-refractivity contribution in [3.63, 3.8) is 0 Å². The Bertz CT molecular complexity index is 616. The van der Waals surface area contributed by atoms with Gasteiger partial charge in [0, 0.05) is 29.2 Å². The Morgan fingerprint density at radius 3 is 2.68 bits per heavy atom. The molecular formula is C12H12F3N3O. The highest BCUT2D eigenvalue weighted by molar-refractivity contribution is 6.08. The normalized spacial score (nSPS) is 13.1. The molecule has 0 aliphatic rings. The van der Waals surface area contributed by atoms with Crippen LogP contribution < -0.4 is 5.73 Å². The summed E-state index contributed by atoms with van der Waals surface area (Å²) < 4.78 is 38.2. The van der Waals surface area contributed by atoms with Gasteiger partial charge in [0.1, 0.15) is 0 Å². The second kappa shape index (κ2) is 4.83. The van der Waals surface area contributed by atoms with Gasteiger partial charge >= 0.3 is 6.18 Å². The van der Waals surface area contributed by atoms with Crippen LogP contribution in [0.4, 0.5) is 13.2 Å². The highest BCUT2D eigenvalue weighted by atomic mass is 19.4. The van der Waals surface area contributed by atoms with Crippen LogP contribution in [-0.4, -0.2) is 21.8 Å². The zero-order valence-corrected chi connectivity index (χ0v) is 9.85. The summed E-state index contributed by atoms with van der Waals surface area (Å²) in [6.45, 7) is -0.160. The minimum atomic E-state index is -4.19.